The summed E-state index contributed by atoms with van der Waals surface area (Å²) < 4.78 is 0. The Morgan fingerprint density at radius 3 is 2.89 bits per heavy atom. The van der Waals surface area contributed by atoms with Gasteiger partial charge in [-0.3, -0.25) is 10.1 Å². The average Bonchev–Trinajstić information content (AvgIpc) is 2.37. The van der Waals surface area contributed by atoms with Crippen molar-refractivity contribution in [2.75, 3.05) is 18.4 Å². The van der Waals surface area contributed by atoms with E-state index in [0.717, 1.165) is 12.1 Å². The molecule has 3 N–H and O–H groups in total. The maximum atomic E-state index is 10.9. The van der Waals surface area contributed by atoms with Gasteiger partial charge in [0.1, 0.15) is 5.69 Å². The Balaban J connectivity index is 2.67. The largest absolute Gasteiger partial charge is 0.391 e. The van der Waals surface area contributed by atoms with Crippen LogP contribution in [0.15, 0.2) is 30.5 Å². The van der Waals surface area contributed by atoms with Gasteiger partial charge >= 0.3 is 0 Å². The Morgan fingerprint density at radius 2 is 2.26 bits per heavy atom. The number of hydrogen-bond donors (Lipinski definition) is 3. The molecule has 0 amide bonds. The van der Waals surface area contributed by atoms with Crippen LogP contribution in [-0.4, -0.2) is 23.7 Å². The quantitative estimate of drug-likeness (QED) is 0.400. The van der Waals surface area contributed by atoms with E-state index < -0.39 is 4.92 Å². The fourth-order valence-corrected chi connectivity index (χ4v) is 1.47. The van der Waals surface area contributed by atoms with Crippen LogP contribution in [-0.2, 0) is 0 Å². The van der Waals surface area contributed by atoms with Gasteiger partial charge < -0.3 is 16.0 Å². The molecule has 1 rings (SSSR count). The summed E-state index contributed by atoms with van der Waals surface area (Å²) in [6.07, 6.45) is 3.31. The van der Waals surface area contributed by atoms with E-state index in [0.29, 0.717) is 11.4 Å². The smallest absolute Gasteiger partial charge is 0.292 e. The average molecular weight is 262 g/mol. The number of nitro groups is 1. The lowest BCUT2D eigenvalue weighted by Crippen LogP contribution is -2.13. The van der Waals surface area contributed by atoms with E-state index in [1.54, 1.807) is 31.3 Å². The van der Waals surface area contributed by atoms with E-state index in [9.17, 15) is 10.1 Å². The van der Waals surface area contributed by atoms with Gasteiger partial charge in [0.05, 0.1) is 17.2 Å². The SMILES string of the molecule is CCN/C=C\C(=N)CNc1ccc(C)cc1[N+](=O)[O-]. The maximum absolute atomic E-state index is 10.9. The molecule has 0 unspecified atom stereocenters. The van der Waals surface area contributed by atoms with Crippen molar-refractivity contribution in [2.45, 2.75) is 13.8 Å². The van der Waals surface area contributed by atoms with Crippen molar-refractivity contribution in [3.8, 4) is 0 Å². The molecule has 0 aliphatic rings. The lowest BCUT2D eigenvalue weighted by Gasteiger charge is -2.07. The molecule has 0 heterocycles. The molecule has 102 valence electrons. The fraction of sp³-hybridized carbons (Fsp3) is 0.308. The zero-order valence-corrected chi connectivity index (χ0v) is 11.1. The van der Waals surface area contributed by atoms with Crippen molar-refractivity contribution >= 4 is 17.1 Å². The standard InChI is InChI=1S/C13H18N4O2/c1-3-15-7-6-11(14)9-16-12-5-4-10(2)8-13(12)17(18)19/h4-8,14-16H,3,9H2,1-2H3/b7-6-,14-11?. The van der Waals surface area contributed by atoms with Crippen LogP contribution in [0.5, 0.6) is 0 Å². The molecule has 0 spiro atoms. The van der Waals surface area contributed by atoms with Crippen LogP contribution in [0.1, 0.15) is 12.5 Å². The minimum Gasteiger partial charge on any atom is -0.391 e. The first kappa shape index (κ1) is 14.7. The van der Waals surface area contributed by atoms with Crippen LogP contribution >= 0.6 is 0 Å². The van der Waals surface area contributed by atoms with Gasteiger partial charge in [-0.25, -0.2) is 0 Å². The van der Waals surface area contributed by atoms with E-state index in [1.165, 1.54) is 6.07 Å². The summed E-state index contributed by atoms with van der Waals surface area (Å²) in [6, 6.07) is 4.97. The third kappa shape index (κ3) is 4.79. The minimum atomic E-state index is -0.423. The van der Waals surface area contributed by atoms with Crippen LogP contribution in [0.3, 0.4) is 0 Å². The molecular weight excluding hydrogens is 244 g/mol. The normalized spacial score (nSPS) is 10.4. The Hall–Kier alpha value is -2.37. The Bertz CT molecular complexity index is 497. The number of rotatable bonds is 7. The van der Waals surface area contributed by atoms with Gasteiger partial charge in [-0.2, -0.15) is 0 Å². The van der Waals surface area contributed by atoms with E-state index in [4.69, 9.17) is 5.41 Å². The Morgan fingerprint density at radius 1 is 1.53 bits per heavy atom. The third-order valence-corrected chi connectivity index (χ3v) is 2.43. The van der Waals surface area contributed by atoms with Crippen molar-refractivity contribution in [1.29, 1.82) is 5.41 Å². The molecule has 0 radical (unpaired) electrons. The zero-order chi connectivity index (χ0) is 14.3. The molecule has 0 fully saturated rings. The number of nitro benzene ring substituents is 1. The number of anilines is 1. The Labute approximate surface area is 112 Å². The van der Waals surface area contributed by atoms with Crippen molar-refractivity contribution in [1.82, 2.24) is 5.32 Å². The second-order valence-corrected chi connectivity index (χ2v) is 4.05. The van der Waals surface area contributed by atoms with E-state index >= 15 is 0 Å². The van der Waals surface area contributed by atoms with Gasteiger partial charge in [-0.1, -0.05) is 6.07 Å². The van der Waals surface area contributed by atoms with Gasteiger partial charge in [0, 0.05) is 12.6 Å². The number of aryl methyl sites for hydroxylation is 1. The second-order valence-electron chi connectivity index (χ2n) is 4.05. The van der Waals surface area contributed by atoms with Gasteiger partial charge in [0.2, 0.25) is 0 Å². The number of nitrogens with zero attached hydrogens (tertiary/aromatic N) is 1. The van der Waals surface area contributed by atoms with Crippen LogP contribution in [0, 0.1) is 22.4 Å². The summed E-state index contributed by atoms with van der Waals surface area (Å²) in [4.78, 5) is 10.5. The fourth-order valence-electron chi connectivity index (χ4n) is 1.47. The van der Waals surface area contributed by atoms with E-state index in [-0.39, 0.29) is 12.2 Å². The number of benzene rings is 1. The molecule has 0 aromatic heterocycles. The summed E-state index contributed by atoms with van der Waals surface area (Å²) in [5, 5.41) is 24.5. The summed E-state index contributed by atoms with van der Waals surface area (Å²) in [5.74, 6) is 0. The van der Waals surface area contributed by atoms with Crippen molar-refractivity contribution in [2.24, 2.45) is 0 Å². The molecule has 6 heteroatoms. The molecule has 1 aromatic carbocycles. The molecule has 0 saturated heterocycles. The van der Waals surface area contributed by atoms with Crippen LogP contribution in [0.4, 0.5) is 11.4 Å². The van der Waals surface area contributed by atoms with Crippen LogP contribution in [0.2, 0.25) is 0 Å². The van der Waals surface area contributed by atoms with Crippen LogP contribution < -0.4 is 10.6 Å². The monoisotopic (exact) mass is 262 g/mol. The highest BCUT2D eigenvalue weighted by Crippen LogP contribution is 2.24. The number of nitrogens with one attached hydrogen (secondary N) is 3. The molecule has 19 heavy (non-hydrogen) atoms. The van der Waals surface area contributed by atoms with Gasteiger partial charge in [0.25, 0.3) is 5.69 Å². The summed E-state index contributed by atoms with van der Waals surface area (Å²) in [6.45, 7) is 4.80. The minimum absolute atomic E-state index is 0.0310. The third-order valence-electron chi connectivity index (χ3n) is 2.43. The van der Waals surface area contributed by atoms with Crippen molar-refractivity contribution in [3.63, 3.8) is 0 Å². The molecule has 1 aromatic rings. The summed E-state index contributed by atoms with van der Waals surface area (Å²) in [7, 11) is 0. The summed E-state index contributed by atoms with van der Waals surface area (Å²) >= 11 is 0. The van der Waals surface area contributed by atoms with Crippen molar-refractivity contribution in [3.05, 3.63) is 46.2 Å². The molecule has 0 saturated carbocycles. The summed E-state index contributed by atoms with van der Waals surface area (Å²) in [5.41, 5.74) is 1.64. The van der Waals surface area contributed by atoms with E-state index in [1.807, 2.05) is 6.92 Å². The zero-order valence-electron chi connectivity index (χ0n) is 11.1. The highest BCUT2D eigenvalue weighted by atomic mass is 16.6. The van der Waals surface area contributed by atoms with Gasteiger partial charge in [-0.15, -0.1) is 0 Å². The molecular formula is C13H18N4O2. The molecule has 6 nitrogen and oxygen atoms in total. The molecule has 0 aliphatic heterocycles. The first-order chi connectivity index (χ1) is 9.04. The molecule has 0 atom stereocenters. The predicted octanol–water partition coefficient (Wildman–Crippen LogP) is 2.46. The van der Waals surface area contributed by atoms with Gasteiger partial charge in [0.15, 0.2) is 0 Å². The van der Waals surface area contributed by atoms with Gasteiger partial charge in [-0.05, 0) is 37.8 Å². The first-order valence-corrected chi connectivity index (χ1v) is 6.01. The molecule has 0 aliphatic carbocycles. The lowest BCUT2D eigenvalue weighted by atomic mass is 10.2. The molecule has 0 bridgehead atoms. The lowest BCUT2D eigenvalue weighted by molar-refractivity contribution is -0.384. The maximum Gasteiger partial charge on any atom is 0.292 e. The number of hydrogen-bond acceptors (Lipinski definition) is 5. The highest BCUT2D eigenvalue weighted by Gasteiger charge is 2.13. The Kier molecular flexibility index (Phi) is 5.53. The first-order valence-electron chi connectivity index (χ1n) is 6.01. The van der Waals surface area contributed by atoms with Crippen LogP contribution in [0.25, 0.3) is 0 Å². The second kappa shape index (κ2) is 7.15. The van der Waals surface area contributed by atoms with E-state index in [2.05, 4.69) is 10.6 Å². The highest BCUT2D eigenvalue weighted by molar-refractivity contribution is 5.95. The topological polar surface area (TPSA) is 91.1 Å². The van der Waals surface area contributed by atoms with Crippen molar-refractivity contribution < 1.29 is 4.92 Å². The predicted molar refractivity (Wildman–Crippen MR) is 76.9 cm³/mol.